The lowest BCUT2D eigenvalue weighted by Gasteiger charge is -2.32. The number of ether oxygens (including phenoxy) is 1. The molecule has 0 radical (unpaired) electrons. The average Bonchev–Trinajstić information content (AvgIpc) is 2.29. The predicted molar refractivity (Wildman–Crippen MR) is 87.5 cm³/mol. The quantitative estimate of drug-likeness (QED) is 0.324. The van der Waals surface area contributed by atoms with Crippen molar-refractivity contribution >= 4 is 20.1 Å². The molecule has 2 unspecified atom stereocenters. The monoisotopic (exact) mass is 316 g/mol. The fourth-order valence-electron chi connectivity index (χ4n) is 2.22. The molecule has 0 aliphatic heterocycles. The third-order valence-corrected chi connectivity index (χ3v) is 4.11. The first-order valence-corrected chi connectivity index (χ1v) is 11.4. The summed E-state index contributed by atoms with van der Waals surface area (Å²) < 4.78 is 11.5. The number of hydrogen-bond donors (Lipinski definition) is 0. The van der Waals surface area contributed by atoms with Crippen LogP contribution in [0.25, 0.3) is 0 Å². The summed E-state index contributed by atoms with van der Waals surface area (Å²) >= 11 is 0. The van der Waals surface area contributed by atoms with Crippen molar-refractivity contribution in [3.8, 4) is 0 Å². The summed E-state index contributed by atoms with van der Waals surface area (Å²) in [6.07, 6.45) is 4.96. The summed E-state index contributed by atoms with van der Waals surface area (Å²) in [5.74, 6) is 0.0885. The number of rotatable bonds is 11. The summed E-state index contributed by atoms with van der Waals surface area (Å²) in [6, 6.07) is 0. The molecular weight excluding hydrogens is 284 g/mol. The molecule has 0 aliphatic carbocycles. The van der Waals surface area contributed by atoms with Crippen LogP contribution in [0.4, 0.5) is 0 Å². The Labute approximate surface area is 130 Å². The lowest BCUT2D eigenvalue weighted by molar-refractivity contribution is -0.171. The number of carbonyl (C=O) groups is 2. The molecule has 0 N–H and O–H groups in total. The molecule has 0 saturated heterocycles. The van der Waals surface area contributed by atoms with E-state index < -0.39 is 14.6 Å². The summed E-state index contributed by atoms with van der Waals surface area (Å²) in [7, 11) is -1.79. The van der Waals surface area contributed by atoms with Gasteiger partial charge in [-0.05, 0) is 45.8 Å². The van der Waals surface area contributed by atoms with Gasteiger partial charge in [-0.2, -0.15) is 0 Å². The number of Topliss-reactive ketones (excluding diaryl/α,β-unsaturated/α-hetero) is 1. The van der Waals surface area contributed by atoms with Gasteiger partial charge < -0.3 is 14.0 Å². The molecule has 0 heterocycles. The Hall–Kier alpha value is -0.683. The first-order chi connectivity index (χ1) is 9.65. The first kappa shape index (κ1) is 20.3. The van der Waals surface area contributed by atoms with Crippen LogP contribution in [0.5, 0.6) is 0 Å². The minimum atomic E-state index is -1.79. The van der Waals surface area contributed by atoms with Gasteiger partial charge in [0.1, 0.15) is 5.78 Å². The van der Waals surface area contributed by atoms with Crippen LogP contribution in [-0.4, -0.2) is 26.4 Å². The van der Waals surface area contributed by atoms with E-state index in [0.717, 1.165) is 32.1 Å². The van der Waals surface area contributed by atoms with Gasteiger partial charge in [-0.15, -0.1) is 0 Å². The minimum Gasteiger partial charge on any atom is -0.437 e. The van der Waals surface area contributed by atoms with E-state index in [1.54, 1.807) is 6.92 Å². The molecule has 0 rings (SSSR count). The molecule has 0 aromatic heterocycles. The summed E-state index contributed by atoms with van der Waals surface area (Å²) in [4.78, 5) is 22.5. The number of hydrogen-bond acceptors (Lipinski definition) is 4. The minimum absolute atomic E-state index is 0.180. The van der Waals surface area contributed by atoms with Gasteiger partial charge in [0.2, 0.25) is 0 Å². The molecule has 0 spiro atoms. The van der Waals surface area contributed by atoms with Crippen LogP contribution >= 0.6 is 0 Å². The van der Waals surface area contributed by atoms with E-state index in [9.17, 15) is 9.59 Å². The second kappa shape index (κ2) is 10.1. The van der Waals surface area contributed by atoms with Crippen molar-refractivity contribution in [2.24, 2.45) is 5.92 Å². The van der Waals surface area contributed by atoms with Crippen LogP contribution in [0.1, 0.15) is 59.3 Å². The van der Waals surface area contributed by atoms with Gasteiger partial charge in [0.25, 0.3) is 0 Å². The Balaban J connectivity index is 4.78. The molecule has 4 nitrogen and oxygen atoms in total. The van der Waals surface area contributed by atoms with Crippen molar-refractivity contribution in [3.63, 3.8) is 0 Å². The molecule has 21 heavy (non-hydrogen) atoms. The topological polar surface area (TPSA) is 52.6 Å². The Bertz CT molecular complexity index is 323. The molecule has 0 aliphatic rings. The first-order valence-electron chi connectivity index (χ1n) is 8.00. The summed E-state index contributed by atoms with van der Waals surface area (Å²) in [5.41, 5.74) is 0. The lowest BCUT2D eigenvalue weighted by Crippen LogP contribution is -2.39. The van der Waals surface area contributed by atoms with Crippen molar-refractivity contribution in [3.05, 3.63) is 0 Å². The largest absolute Gasteiger partial charge is 0.437 e. The van der Waals surface area contributed by atoms with Crippen LogP contribution in [0.15, 0.2) is 0 Å². The van der Waals surface area contributed by atoms with Crippen LogP contribution < -0.4 is 0 Å². The van der Waals surface area contributed by atoms with Crippen molar-refractivity contribution in [1.82, 2.24) is 0 Å². The molecule has 0 aromatic carbocycles. The lowest BCUT2D eigenvalue weighted by atomic mass is 9.95. The molecule has 124 valence electrons. The Kier molecular flexibility index (Phi) is 9.78. The van der Waals surface area contributed by atoms with Gasteiger partial charge in [0, 0.05) is 19.3 Å². The predicted octanol–water partition coefficient (Wildman–Crippen LogP) is 4.29. The van der Waals surface area contributed by atoms with E-state index >= 15 is 0 Å². The number of carbonyl (C=O) groups excluding carboxylic acids is 2. The average molecular weight is 317 g/mol. The van der Waals surface area contributed by atoms with Gasteiger partial charge >= 0.3 is 5.97 Å². The van der Waals surface area contributed by atoms with Crippen molar-refractivity contribution in [2.45, 2.75) is 85.2 Å². The number of esters is 1. The molecule has 0 amide bonds. The molecule has 0 fully saturated rings. The summed E-state index contributed by atoms with van der Waals surface area (Å²) in [5, 5.41) is 0. The van der Waals surface area contributed by atoms with E-state index in [1.165, 1.54) is 6.92 Å². The Morgan fingerprint density at radius 2 is 1.62 bits per heavy atom. The SMILES string of the molecule is CCCCC(CCCC(C)=O)C(OC(C)=O)O[Si](C)(C)C. The van der Waals surface area contributed by atoms with Crippen LogP contribution in [-0.2, 0) is 18.8 Å². The molecule has 5 heteroatoms. The van der Waals surface area contributed by atoms with Crippen LogP contribution in [0.2, 0.25) is 19.6 Å². The van der Waals surface area contributed by atoms with Gasteiger partial charge in [0.05, 0.1) is 0 Å². The van der Waals surface area contributed by atoms with E-state index in [1.807, 2.05) is 0 Å². The second-order valence-electron chi connectivity index (χ2n) is 6.70. The molecule has 0 saturated carbocycles. The highest BCUT2D eigenvalue weighted by atomic mass is 28.4. The van der Waals surface area contributed by atoms with Crippen LogP contribution in [0, 0.1) is 5.92 Å². The van der Waals surface area contributed by atoms with Crippen molar-refractivity contribution < 1.29 is 18.8 Å². The highest BCUT2D eigenvalue weighted by Crippen LogP contribution is 2.26. The second-order valence-corrected chi connectivity index (χ2v) is 11.2. The van der Waals surface area contributed by atoms with E-state index in [0.29, 0.717) is 6.42 Å². The van der Waals surface area contributed by atoms with Gasteiger partial charge in [-0.3, -0.25) is 4.79 Å². The Morgan fingerprint density at radius 3 is 2.05 bits per heavy atom. The molecular formula is C16H32O4Si. The zero-order valence-electron chi connectivity index (χ0n) is 14.5. The highest BCUT2D eigenvalue weighted by Gasteiger charge is 2.30. The van der Waals surface area contributed by atoms with E-state index in [2.05, 4.69) is 26.6 Å². The summed E-state index contributed by atoms with van der Waals surface area (Å²) in [6.45, 7) is 11.5. The van der Waals surface area contributed by atoms with Gasteiger partial charge in [0.15, 0.2) is 14.6 Å². The van der Waals surface area contributed by atoms with Gasteiger partial charge in [-0.25, -0.2) is 0 Å². The maximum atomic E-state index is 11.4. The smallest absolute Gasteiger partial charge is 0.304 e. The third-order valence-electron chi connectivity index (χ3n) is 3.17. The van der Waals surface area contributed by atoms with E-state index in [-0.39, 0.29) is 17.7 Å². The molecule has 0 bridgehead atoms. The normalized spacial score (nSPS) is 14.6. The van der Waals surface area contributed by atoms with Gasteiger partial charge in [-0.1, -0.05) is 19.8 Å². The third kappa shape index (κ3) is 11.6. The van der Waals surface area contributed by atoms with Crippen LogP contribution in [0.3, 0.4) is 0 Å². The Morgan fingerprint density at radius 1 is 1.05 bits per heavy atom. The maximum Gasteiger partial charge on any atom is 0.304 e. The number of unbranched alkanes of at least 4 members (excludes halogenated alkanes) is 1. The number of ketones is 1. The molecule has 0 aromatic rings. The zero-order valence-corrected chi connectivity index (χ0v) is 15.5. The fourth-order valence-corrected chi connectivity index (χ4v) is 3.16. The fraction of sp³-hybridized carbons (Fsp3) is 0.875. The maximum absolute atomic E-state index is 11.4. The highest BCUT2D eigenvalue weighted by molar-refractivity contribution is 6.69. The molecule has 2 atom stereocenters. The standard InChI is InChI=1S/C16H32O4Si/c1-7-8-11-15(12-9-10-13(2)17)16(19-14(3)18)20-21(4,5)6/h15-16H,7-12H2,1-6H3. The van der Waals surface area contributed by atoms with Crippen molar-refractivity contribution in [2.75, 3.05) is 0 Å². The van der Waals surface area contributed by atoms with Crippen molar-refractivity contribution in [1.29, 1.82) is 0 Å². The van der Waals surface area contributed by atoms with E-state index in [4.69, 9.17) is 9.16 Å². The zero-order chi connectivity index (χ0) is 16.5.